The molecule has 2 aromatic carbocycles. The Labute approximate surface area is 136 Å². The van der Waals surface area contributed by atoms with E-state index in [0.717, 1.165) is 16.9 Å². The molecule has 118 valence electrons. The number of benzene rings is 2. The zero-order valence-electron chi connectivity index (χ0n) is 13.4. The normalized spacial score (nSPS) is 16.9. The van der Waals surface area contributed by atoms with Gasteiger partial charge in [0, 0.05) is 13.5 Å². The number of nitrogens with zero attached hydrogens (tertiary/aromatic N) is 2. The maximum atomic E-state index is 12.8. The van der Waals surface area contributed by atoms with Gasteiger partial charge in [-0.15, -0.1) is 0 Å². The van der Waals surface area contributed by atoms with Crippen molar-refractivity contribution in [2.75, 3.05) is 16.3 Å². The molecule has 0 spiro atoms. The Kier molecular flexibility index (Phi) is 4.15. The van der Waals surface area contributed by atoms with Gasteiger partial charge in [0.1, 0.15) is 0 Å². The molecule has 1 atom stereocenters. The Bertz CT molecular complexity index is 727. The second-order valence-electron chi connectivity index (χ2n) is 5.89. The van der Waals surface area contributed by atoms with Crippen molar-refractivity contribution in [3.8, 4) is 0 Å². The smallest absolute Gasteiger partial charge is 0.231 e. The van der Waals surface area contributed by atoms with Crippen LogP contribution in [0, 0.1) is 0 Å². The van der Waals surface area contributed by atoms with E-state index in [2.05, 4.69) is 0 Å². The van der Waals surface area contributed by atoms with Crippen LogP contribution in [0.15, 0.2) is 54.6 Å². The molecule has 23 heavy (non-hydrogen) atoms. The lowest BCUT2D eigenvalue weighted by molar-refractivity contribution is -0.119. The number of hydrogen-bond acceptors (Lipinski definition) is 2. The number of fused-ring (bicyclic) bond motifs is 1. The average Bonchev–Trinajstić information content (AvgIpc) is 2.54. The third-order valence-corrected chi connectivity index (χ3v) is 4.16. The van der Waals surface area contributed by atoms with Crippen LogP contribution in [-0.2, 0) is 16.0 Å². The van der Waals surface area contributed by atoms with E-state index in [9.17, 15) is 9.59 Å². The van der Waals surface area contributed by atoms with Crippen LogP contribution in [0.1, 0.15) is 19.4 Å². The van der Waals surface area contributed by atoms with Gasteiger partial charge in [0.2, 0.25) is 11.8 Å². The lowest BCUT2D eigenvalue weighted by Crippen LogP contribution is -2.51. The molecule has 4 heteroatoms. The van der Waals surface area contributed by atoms with Crippen molar-refractivity contribution < 1.29 is 9.59 Å². The molecule has 2 amide bonds. The quantitative estimate of drug-likeness (QED) is 0.855. The number of amides is 2. The monoisotopic (exact) mass is 308 g/mol. The van der Waals surface area contributed by atoms with Crippen LogP contribution in [-0.4, -0.2) is 24.4 Å². The van der Waals surface area contributed by atoms with Gasteiger partial charge in [-0.25, -0.2) is 0 Å². The zero-order chi connectivity index (χ0) is 16.4. The van der Waals surface area contributed by atoms with Crippen molar-refractivity contribution in [2.24, 2.45) is 0 Å². The van der Waals surface area contributed by atoms with E-state index in [-0.39, 0.29) is 17.9 Å². The van der Waals surface area contributed by atoms with E-state index >= 15 is 0 Å². The van der Waals surface area contributed by atoms with Crippen LogP contribution in [0.2, 0.25) is 0 Å². The molecule has 0 saturated carbocycles. The van der Waals surface area contributed by atoms with Crippen molar-refractivity contribution in [3.63, 3.8) is 0 Å². The van der Waals surface area contributed by atoms with Crippen molar-refractivity contribution in [3.05, 3.63) is 60.2 Å². The molecule has 0 N–H and O–H groups in total. The van der Waals surface area contributed by atoms with E-state index in [1.54, 1.807) is 16.7 Å². The molecule has 0 aliphatic carbocycles. The van der Waals surface area contributed by atoms with Crippen LogP contribution in [0.4, 0.5) is 11.4 Å². The van der Waals surface area contributed by atoms with Crippen molar-refractivity contribution in [1.29, 1.82) is 0 Å². The van der Waals surface area contributed by atoms with E-state index in [1.165, 1.54) is 0 Å². The molecule has 1 heterocycles. The first-order chi connectivity index (χ1) is 11.1. The molecular formula is C19H20N2O2. The highest BCUT2D eigenvalue weighted by Crippen LogP contribution is 2.35. The fraction of sp³-hybridized carbons (Fsp3) is 0.263. The minimum atomic E-state index is -0.0397. The van der Waals surface area contributed by atoms with Gasteiger partial charge in [-0.3, -0.25) is 9.59 Å². The van der Waals surface area contributed by atoms with Gasteiger partial charge in [0.05, 0.1) is 23.8 Å². The van der Waals surface area contributed by atoms with Gasteiger partial charge >= 0.3 is 0 Å². The maximum Gasteiger partial charge on any atom is 0.231 e. The van der Waals surface area contributed by atoms with Crippen molar-refractivity contribution in [1.82, 2.24) is 0 Å². The van der Waals surface area contributed by atoms with Crippen molar-refractivity contribution in [2.45, 2.75) is 26.3 Å². The molecule has 0 saturated heterocycles. The second-order valence-corrected chi connectivity index (χ2v) is 5.89. The highest BCUT2D eigenvalue weighted by atomic mass is 16.2. The summed E-state index contributed by atoms with van der Waals surface area (Å²) < 4.78 is 0. The lowest BCUT2D eigenvalue weighted by Gasteiger charge is -2.40. The number of hydrogen-bond donors (Lipinski definition) is 0. The molecule has 0 aromatic heterocycles. The van der Waals surface area contributed by atoms with E-state index in [0.29, 0.717) is 13.0 Å². The Hall–Kier alpha value is -2.62. The number of anilines is 2. The SMILES string of the molecule is CC(=O)N1c2ccccc2N(C(=O)Cc2ccccc2)CC1C. The molecular weight excluding hydrogens is 288 g/mol. The van der Waals surface area contributed by atoms with Gasteiger partial charge in [-0.2, -0.15) is 0 Å². The number of carbonyl (C=O) groups is 2. The van der Waals surface area contributed by atoms with Gasteiger partial charge in [0.15, 0.2) is 0 Å². The summed E-state index contributed by atoms with van der Waals surface area (Å²) in [5, 5.41) is 0. The third kappa shape index (κ3) is 2.97. The van der Waals surface area contributed by atoms with E-state index < -0.39 is 0 Å². The summed E-state index contributed by atoms with van der Waals surface area (Å²) in [5.41, 5.74) is 2.61. The Morgan fingerprint density at radius 2 is 1.61 bits per heavy atom. The highest BCUT2D eigenvalue weighted by molar-refractivity contribution is 6.04. The van der Waals surface area contributed by atoms with Crippen molar-refractivity contribution >= 4 is 23.2 Å². The summed E-state index contributed by atoms with van der Waals surface area (Å²) in [6.45, 7) is 4.05. The molecule has 4 nitrogen and oxygen atoms in total. The second kappa shape index (κ2) is 6.24. The zero-order valence-corrected chi connectivity index (χ0v) is 13.4. The topological polar surface area (TPSA) is 40.6 Å². The minimum absolute atomic E-state index is 0.000100. The molecule has 1 unspecified atom stereocenters. The van der Waals surface area contributed by atoms with Gasteiger partial charge in [0.25, 0.3) is 0 Å². The Balaban J connectivity index is 1.92. The summed E-state index contributed by atoms with van der Waals surface area (Å²) in [4.78, 5) is 28.3. The number of rotatable bonds is 2. The Morgan fingerprint density at radius 3 is 2.26 bits per heavy atom. The van der Waals surface area contributed by atoms with Gasteiger partial charge in [-0.1, -0.05) is 42.5 Å². The molecule has 0 bridgehead atoms. The predicted molar refractivity (Wildman–Crippen MR) is 91.6 cm³/mol. The highest BCUT2D eigenvalue weighted by Gasteiger charge is 2.32. The summed E-state index contributed by atoms with van der Waals surface area (Å²) in [6.07, 6.45) is 0.363. The maximum absolute atomic E-state index is 12.8. The summed E-state index contributed by atoms with van der Waals surface area (Å²) in [5.74, 6) is 0.0545. The lowest BCUT2D eigenvalue weighted by atomic mass is 10.1. The molecule has 1 aliphatic rings. The van der Waals surface area contributed by atoms with Crippen LogP contribution >= 0.6 is 0 Å². The fourth-order valence-corrected chi connectivity index (χ4v) is 3.16. The molecule has 0 fully saturated rings. The van der Waals surface area contributed by atoms with E-state index in [1.807, 2.05) is 61.5 Å². The first-order valence-electron chi connectivity index (χ1n) is 7.81. The minimum Gasteiger partial charge on any atom is -0.308 e. The molecule has 2 aromatic rings. The summed E-state index contributed by atoms with van der Waals surface area (Å²) in [7, 11) is 0. The molecule has 0 radical (unpaired) electrons. The average molecular weight is 308 g/mol. The number of carbonyl (C=O) groups excluding carboxylic acids is 2. The van der Waals surface area contributed by atoms with Crippen LogP contribution in [0.3, 0.4) is 0 Å². The largest absolute Gasteiger partial charge is 0.308 e. The summed E-state index contributed by atoms with van der Waals surface area (Å²) >= 11 is 0. The standard InChI is InChI=1S/C19H20N2O2/c1-14-13-20(19(23)12-16-8-4-3-5-9-16)17-10-6-7-11-18(17)21(14)15(2)22/h3-11,14H,12-13H2,1-2H3. The third-order valence-electron chi connectivity index (χ3n) is 4.16. The first kappa shape index (κ1) is 15.3. The van der Waals surface area contributed by atoms with Crippen LogP contribution in [0.25, 0.3) is 0 Å². The number of para-hydroxylation sites is 2. The van der Waals surface area contributed by atoms with Crippen LogP contribution < -0.4 is 9.80 Å². The fourth-order valence-electron chi connectivity index (χ4n) is 3.16. The molecule has 1 aliphatic heterocycles. The van der Waals surface area contributed by atoms with E-state index in [4.69, 9.17) is 0 Å². The van der Waals surface area contributed by atoms with Gasteiger partial charge in [-0.05, 0) is 24.6 Å². The first-order valence-corrected chi connectivity index (χ1v) is 7.81. The van der Waals surface area contributed by atoms with Gasteiger partial charge < -0.3 is 9.80 Å². The predicted octanol–water partition coefficient (Wildman–Crippen LogP) is 3.02. The Morgan fingerprint density at radius 1 is 1.00 bits per heavy atom. The van der Waals surface area contributed by atoms with Crippen LogP contribution in [0.5, 0.6) is 0 Å². The molecule has 3 rings (SSSR count). The summed E-state index contributed by atoms with van der Waals surface area (Å²) in [6, 6.07) is 17.3.